The van der Waals surface area contributed by atoms with E-state index in [2.05, 4.69) is 10.4 Å². The fourth-order valence-electron chi connectivity index (χ4n) is 2.00. The predicted molar refractivity (Wildman–Crippen MR) is 65.6 cm³/mol. The van der Waals surface area contributed by atoms with Crippen molar-refractivity contribution in [2.45, 2.75) is 32.9 Å². The van der Waals surface area contributed by atoms with Gasteiger partial charge in [0.2, 0.25) is 11.8 Å². The zero-order valence-electron chi connectivity index (χ0n) is 10.9. The number of aromatic nitrogens is 2. The van der Waals surface area contributed by atoms with Crippen molar-refractivity contribution < 1.29 is 9.59 Å². The van der Waals surface area contributed by atoms with Crippen LogP contribution < -0.4 is 5.32 Å². The van der Waals surface area contributed by atoms with Gasteiger partial charge in [-0.3, -0.25) is 24.5 Å². The minimum atomic E-state index is -0.304. The smallest absolute Gasteiger partial charge is 0.246 e. The first kappa shape index (κ1) is 12.8. The second-order valence-electron chi connectivity index (χ2n) is 4.52. The van der Waals surface area contributed by atoms with Gasteiger partial charge in [-0.1, -0.05) is 6.92 Å². The van der Waals surface area contributed by atoms with Crippen LogP contribution in [0.2, 0.25) is 0 Å². The van der Waals surface area contributed by atoms with Gasteiger partial charge in [0.1, 0.15) is 0 Å². The predicted octanol–water partition coefficient (Wildman–Crippen LogP) is -0.171. The van der Waals surface area contributed by atoms with Crippen LogP contribution in [-0.4, -0.2) is 39.1 Å². The van der Waals surface area contributed by atoms with Crippen LogP contribution in [0.4, 0.5) is 0 Å². The Balaban J connectivity index is 2.18. The summed E-state index contributed by atoms with van der Waals surface area (Å²) in [5.74, 6) is -0.358. The lowest BCUT2D eigenvalue weighted by atomic mass is 10.2. The van der Waals surface area contributed by atoms with Crippen LogP contribution in [0.25, 0.3) is 0 Å². The third kappa shape index (κ3) is 2.28. The van der Waals surface area contributed by atoms with Crippen molar-refractivity contribution in [3.8, 4) is 0 Å². The molecule has 6 heteroatoms. The third-order valence-corrected chi connectivity index (χ3v) is 3.21. The fraction of sp³-hybridized carbons (Fsp3) is 0.583. The van der Waals surface area contributed by atoms with Crippen LogP contribution in [0.3, 0.4) is 0 Å². The number of rotatable bonds is 3. The lowest BCUT2D eigenvalue weighted by molar-refractivity contribution is -0.149. The van der Waals surface area contributed by atoms with E-state index in [1.165, 1.54) is 4.90 Å². The minimum Gasteiger partial charge on any atom is -0.298 e. The van der Waals surface area contributed by atoms with E-state index in [9.17, 15) is 9.59 Å². The van der Waals surface area contributed by atoms with Crippen molar-refractivity contribution >= 4 is 11.8 Å². The Morgan fingerprint density at radius 2 is 2.22 bits per heavy atom. The van der Waals surface area contributed by atoms with Gasteiger partial charge in [-0.2, -0.15) is 5.10 Å². The molecular weight excluding hydrogens is 232 g/mol. The van der Waals surface area contributed by atoms with Crippen molar-refractivity contribution in [1.29, 1.82) is 0 Å². The van der Waals surface area contributed by atoms with Gasteiger partial charge in [0.25, 0.3) is 0 Å². The Kier molecular flexibility index (Phi) is 3.47. The molecule has 1 fully saturated rings. The Hall–Kier alpha value is -1.69. The van der Waals surface area contributed by atoms with Crippen LogP contribution in [0.15, 0.2) is 6.07 Å². The molecular formula is C12H18N4O2. The molecule has 0 aliphatic carbocycles. The molecule has 6 nitrogen and oxygen atoms in total. The summed E-state index contributed by atoms with van der Waals surface area (Å²) in [6, 6.07) is 1.63. The Morgan fingerprint density at radius 1 is 1.50 bits per heavy atom. The first-order valence-corrected chi connectivity index (χ1v) is 6.12. The second-order valence-corrected chi connectivity index (χ2v) is 4.52. The van der Waals surface area contributed by atoms with E-state index >= 15 is 0 Å². The highest BCUT2D eigenvalue weighted by Crippen LogP contribution is 2.11. The van der Waals surface area contributed by atoms with Crippen LogP contribution >= 0.6 is 0 Å². The number of nitrogens with zero attached hydrogens (tertiary/aromatic N) is 3. The first-order valence-electron chi connectivity index (χ1n) is 6.12. The number of piperazine rings is 1. The maximum atomic E-state index is 11.9. The quantitative estimate of drug-likeness (QED) is 0.756. The highest BCUT2D eigenvalue weighted by molar-refractivity contribution is 6.00. The monoisotopic (exact) mass is 250 g/mol. The molecule has 0 radical (unpaired) electrons. The van der Waals surface area contributed by atoms with Gasteiger partial charge in [-0.05, 0) is 19.4 Å². The summed E-state index contributed by atoms with van der Waals surface area (Å²) in [5, 5.41) is 7.18. The largest absolute Gasteiger partial charge is 0.298 e. The molecule has 1 aliphatic heterocycles. The van der Waals surface area contributed by atoms with Crippen LogP contribution in [0, 0.1) is 0 Å². The van der Waals surface area contributed by atoms with E-state index in [0.717, 1.165) is 17.8 Å². The number of hydrogen-bond donors (Lipinski definition) is 1. The van der Waals surface area contributed by atoms with E-state index in [-0.39, 0.29) is 24.4 Å². The molecule has 1 atom stereocenters. The summed E-state index contributed by atoms with van der Waals surface area (Å²) in [5.41, 5.74) is 1.85. The number of nitrogens with one attached hydrogen (secondary N) is 1. The summed E-state index contributed by atoms with van der Waals surface area (Å²) in [6.07, 6.45) is 0.841. The molecule has 2 heterocycles. The number of hydrogen-bond acceptors (Lipinski definition) is 4. The van der Waals surface area contributed by atoms with Gasteiger partial charge in [-0.25, -0.2) is 0 Å². The number of imide groups is 1. The maximum Gasteiger partial charge on any atom is 0.246 e. The number of carbonyl (C=O) groups is 2. The zero-order valence-corrected chi connectivity index (χ0v) is 10.9. The van der Waals surface area contributed by atoms with Gasteiger partial charge in [0, 0.05) is 7.05 Å². The molecule has 1 aliphatic rings. The maximum absolute atomic E-state index is 11.9. The molecule has 1 unspecified atom stereocenters. The highest BCUT2D eigenvalue weighted by Gasteiger charge is 2.31. The normalized spacial score (nSPS) is 20.6. The van der Waals surface area contributed by atoms with E-state index < -0.39 is 0 Å². The van der Waals surface area contributed by atoms with E-state index in [4.69, 9.17) is 0 Å². The van der Waals surface area contributed by atoms with E-state index in [1.807, 2.05) is 20.0 Å². The SMILES string of the molecule is CCc1cc(CN2C(=O)CNC(C)C2=O)n(C)n1. The molecule has 1 saturated heterocycles. The summed E-state index contributed by atoms with van der Waals surface area (Å²) < 4.78 is 1.73. The van der Waals surface area contributed by atoms with E-state index in [0.29, 0.717) is 6.54 Å². The van der Waals surface area contributed by atoms with Crippen LogP contribution in [0.1, 0.15) is 25.2 Å². The van der Waals surface area contributed by atoms with Gasteiger partial charge in [0.05, 0.1) is 30.5 Å². The van der Waals surface area contributed by atoms with Crippen LogP contribution in [-0.2, 0) is 29.6 Å². The van der Waals surface area contributed by atoms with Gasteiger partial charge >= 0.3 is 0 Å². The van der Waals surface area contributed by atoms with Crippen molar-refractivity contribution in [3.05, 3.63) is 17.5 Å². The highest BCUT2D eigenvalue weighted by atomic mass is 16.2. The first-order chi connectivity index (χ1) is 8.52. The summed E-state index contributed by atoms with van der Waals surface area (Å²) >= 11 is 0. The summed E-state index contributed by atoms with van der Waals surface area (Å²) in [6.45, 7) is 4.30. The Labute approximate surface area is 106 Å². The zero-order chi connectivity index (χ0) is 13.3. The molecule has 0 saturated carbocycles. The molecule has 0 spiro atoms. The molecule has 1 aromatic heterocycles. The fourth-order valence-corrected chi connectivity index (χ4v) is 2.00. The number of amides is 2. The number of aryl methyl sites for hydroxylation is 2. The van der Waals surface area contributed by atoms with Crippen molar-refractivity contribution in [2.24, 2.45) is 7.05 Å². The molecule has 0 bridgehead atoms. The lowest BCUT2D eigenvalue weighted by Crippen LogP contribution is -2.56. The van der Waals surface area contributed by atoms with Crippen LogP contribution in [0.5, 0.6) is 0 Å². The van der Waals surface area contributed by atoms with Gasteiger partial charge in [0.15, 0.2) is 0 Å². The third-order valence-electron chi connectivity index (χ3n) is 3.21. The molecule has 2 rings (SSSR count). The average Bonchev–Trinajstić information content (AvgIpc) is 2.70. The van der Waals surface area contributed by atoms with Gasteiger partial charge in [-0.15, -0.1) is 0 Å². The second kappa shape index (κ2) is 4.89. The summed E-state index contributed by atoms with van der Waals surface area (Å²) in [4.78, 5) is 25.0. The summed E-state index contributed by atoms with van der Waals surface area (Å²) in [7, 11) is 1.83. The average molecular weight is 250 g/mol. The number of carbonyl (C=O) groups excluding carboxylic acids is 2. The topological polar surface area (TPSA) is 67.2 Å². The minimum absolute atomic E-state index is 0.175. The molecule has 98 valence electrons. The Morgan fingerprint density at radius 3 is 2.83 bits per heavy atom. The Bertz CT molecular complexity index is 480. The van der Waals surface area contributed by atoms with Crippen molar-refractivity contribution in [1.82, 2.24) is 20.0 Å². The molecule has 0 aromatic carbocycles. The lowest BCUT2D eigenvalue weighted by Gasteiger charge is -2.29. The standard InChI is InChI=1S/C12H18N4O2/c1-4-9-5-10(15(3)14-9)7-16-11(17)6-13-8(2)12(16)18/h5,8,13H,4,6-7H2,1-3H3. The molecule has 1 aromatic rings. The molecule has 1 N–H and O–H groups in total. The van der Waals surface area contributed by atoms with Crippen molar-refractivity contribution in [3.63, 3.8) is 0 Å². The van der Waals surface area contributed by atoms with Crippen molar-refractivity contribution in [2.75, 3.05) is 6.54 Å². The van der Waals surface area contributed by atoms with Gasteiger partial charge < -0.3 is 0 Å². The molecule has 2 amide bonds. The molecule has 18 heavy (non-hydrogen) atoms. The van der Waals surface area contributed by atoms with E-state index in [1.54, 1.807) is 11.6 Å².